The molecule has 0 unspecified atom stereocenters. The van der Waals surface area contributed by atoms with Gasteiger partial charge in [0.2, 0.25) is 0 Å². The SMILES string of the molecule is N=COCc1ccc(N)cc1. The maximum Gasteiger partial charge on any atom is 0.167 e. The minimum absolute atomic E-state index is 0.434. The Kier molecular flexibility index (Phi) is 2.49. The van der Waals surface area contributed by atoms with E-state index in [1.165, 1.54) is 0 Å². The van der Waals surface area contributed by atoms with Gasteiger partial charge in [-0.05, 0) is 17.7 Å². The number of nitrogens with two attached hydrogens (primary N) is 1. The smallest absolute Gasteiger partial charge is 0.167 e. The largest absolute Gasteiger partial charge is 0.479 e. The van der Waals surface area contributed by atoms with Crippen LogP contribution in [0.5, 0.6) is 0 Å². The molecule has 0 aliphatic heterocycles. The molecule has 0 saturated carbocycles. The van der Waals surface area contributed by atoms with Crippen molar-refractivity contribution in [2.75, 3.05) is 5.73 Å². The molecule has 58 valence electrons. The first-order valence-electron chi connectivity index (χ1n) is 3.28. The molecule has 3 nitrogen and oxygen atoms in total. The minimum atomic E-state index is 0.434. The van der Waals surface area contributed by atoms with Gasteiger partial charge in [-0.3, -0.25) is 5.41 Å². The number of anilines is 1. The number of ether oxygens (including phenoxy) is 1. The molecule has 3 N–H and O–H groups in total. The molecule has 0 fully saturated rings. The molecule has 0 saturated heterocycles. The topological polar surface area (TPSA) is 59.1 Å². The van der Waals surface area contributed by atoms with Gasteiger partial charge in [-0.2, -0.15) is 0 Å². The fourth-order valence-electron chi connectivity index (χ4n) is 0.752. The molecule has 3 heteroatoms. The summed E-state index contributed by atoms with van der Waals surface area (Å²) in [5.74, 6) is 0. The molecule has 0 atom stereocenters. The first-order chi connectivity index (χ1) is 5.33. The average Bonchev–Trinajstić information content (AvgIpc) is 2.04. The van der Waals surface area contributed by atoms with Crippen LogP contribution in [0.25, 0.3) is 0 Å². The molecule has 0 amide bonds. The predicted octanol–water partition coefficient (Wildman–Crippen LogP) is 1.39. The number of benzene rings is 1. The second-order valence-corrected chi connectivity index (χ2v) is 2.17. The zero-order valence-electron chi connectivity index (χ0n) is 6.08. The van der Waals surface area contributed by atoms with Crippen molar-refractivity contribution in [3.05, 3.63) is 29.8 Å². The summed E-state index contributed by atoms with van der Waals surface area (Å²) in [5.41, 5.74) is 7.23. The van der Waals surface area contributed by atoms with Gasteiger partial charge < -0.3 is 10.5 Å². The molecular formula is C8H10N2O. The summed E-state index contributed by atoms with van der Waals surface area (Å²) in [6.45, 7) is 0.434. The van der Waals surface area contributed by atoms with Crippen molar-refractivity contribution >= 4 is 12.1 Å². The van der Waals surface area contributed by atoms with Gasteiger partial charge in [0.1, 0.15) is 6.61 Å². The van der Waals surface area contributed by atoms with Crippen LogP contribution in [0.4, 0.5) is 5.69 Å². The zero-order chi connectivity index (χ0) is 8.10. The van der Waals surface area contributed by atoms with E-state index in [1.54, 1.807) is 0 Å². The van der Waals surface area contributed by atoms with Crippen molar-refractivity contribution in [2.24, 2.45) is 0 Å². The lowest BCUT2D eigenvalue weighted by Gasteiger charge is -1.99. The van der Waals surface area contributed by atoms with E-state index in [-0.39, 0.29) is 0 Å². The number of hydrogen-bond donors (Lipinski definition) is 2. The Hall–Kier alpha value is -1.51. The second kappa shape index (κ2) is 3.61. The lowest BCUT2D eigenvalue weighted by atomic mass is 10.2. The van der Waals surface area contributed by atoms with Crippen molar-refractivity contribution in [1.29, 1.82) is 5.41 Å². The third-order valence-electron chi connectivity index (χ3n) is 1.31. The monoisotopic (exact) mass is 150 g/mol. The van der Waals surface area contributed by atoms with Crippen molar-refractivity contribution in [1.82, 2.24) is 0 Å². The average molecular weight is 150 g/mol. The van der Waals surface area contributed by atoms with Crippen molar-refractivity contribution in [3.8, 4) is 0 Å². The van der Waals surface area contributed by atoms with Crippen molar-refractivity contribution in [3.63, 3.8) is 0 Å². The molecule has 0 bridgehead atoms. The highest BCUT2D eigenvalue weighted by Gasteiger charge is 1.89. The Labute approximate surface area is 65.3 Å². The van der Waals surface area contributed by atoms with Gasteiger partial charge in [0.05, 0.1) is 0 Å². The van der Waals surface area contributed by atoms with E-state index in [0.717, 1.165) is 17.7 Å². The standard InChI is InChI=1S/C8H10N2O/c9-6-11-5-7-1-3-8(10)4-2-7/h1-4,6,9H,5,10H2. The second-order valence-electron chi connectivity index (χ2n) is 2.17. The number of hydrogen-bond acceptors (Lipinski definition) is 3. The lowest BCUT2D eigenvalue weighted by Crippen LogP contribution is -1.90. The van der Waals surface area contributed by atoms with Crippen LogP contribution < -0.4 is 5.73 Å². The Morgan fingerprint density at radius 3 is 2.55 bits per heavy atom. The minimum Gasteiger partial charge on any atom is -0.479 e. The maximum atomic E-state index is 6.62. The number of rotatable bonds is 3. The Morgan fingerprint density at radius 2 is 2.00 bits per heavy atom. The van der Waals surface area contributed by atoms with Crippen LogP contribution in [-0.4, -0.2) is 6.40 Å². The molecule has 0 heterocycles. The predicted molar refractivity (Wildman–Crippen MR) is 44.4 cm³/mol. The fraction of sp³-hybridized carbons (Fsp3) is 0.125. The van der Waals surface area contributed by atoms with E-state index in [1.807, 2.05) is 24.3 Å². The first-order valence-corrected chi connectivity index (χ1v) is 3.28. The van der Waals surface area contributed by atoms with E-state index >= 15 is 0 Å². The molecule has 0 spiro atoms. The van der Waals surface area contributed by atoms with Gasteiger partial charge in [-0.1, -0.05) is 12.1 Å². The van der Waals surface area contributed by atoms with Crippen LogP contribution in [0.1, 0.15) is 5.56 Å². The van der Waals surface area contributed by atoms with E-state index in [4.69, 9.17) is 15.9 Å². The number of nitrogen functional groups attached to an aromatic ring is 1. The van der Waals surface area contributed by atoms with Gasteiger partial charge in [-0.15, -0.1) is 0 Å². The van der Waals surface area contributed by atoms with Crippen LogP contribution in [-0.2, 0) is 11.3 Å². The van der Waals surface area contributed by atoms with E-state index in [2.05, 4.69) is 0 Å². The Balaban J connectivity index is 2.58. The zero-order valence-corrected chi connectivity index (χ0v) is 6.08. The van der Waals surface area contributed by atoms with Gasteiger partial charge in [0.25, 0.3) is 0 Å². The summed E-state index contributed by atoms with van der Waals surface area (Å²) in [6.07, 6.45) is 0.927. The molecule has 0 aromatic heterocycles. The first kappa shape index (κ1) is 7.60. The summed E-state index contributed by atoms with van der Waals surface area (Å²) in [7, 11) is 0. The highest BCUT2D eigenvalue weighted by Crippen LogP contribution is 2.05. The third-order valence-corrected chi connectivity index (χ3v) is 1.31. The highest BCUT2D eigenvalue weighted by atomic mass is 16.5. The molecule has 11 heavy (non-hydrogen) atoms. The van der Waals surface area contributed by atoms with Crippen LogP contribution >= 0.6 is 0 Å². The van der Waals surface area contributed by atoms with Crippen LogP contribution in [0.2, 0.25) is 0 Å². The molecule has 0 radical (unpaired) electrons. The molecule has 1 rings (SSSR count). The van der Waals surface area contributed by atoms with E-state index < -0.39 is 0 Å². The normalized spacial score (nSPS) is 9.09. The molecule has 1 aromatic rings. The van der Waals surface area contributed by atoms with Crippen LogP contribution in [0.3, 0.4) is 0 Å². The maximum absolute atomic E-state index is 6.62. The van der Waals surface area contributed by atoms with Crippen LogP contribution in [0.15, 0.2) is 24.3 Å². The molecule has 1 aromatic carbocycles. The molecular weight excluding hydrogens is 140 g/mol. The summed E-state index contributed by atoms with van der Waals surface area (Å²) >= 11 is 0. The van der Waals surface area contributed by atoms with Gasteiger partial charge in [0, 0.05) is 5.69 Å². The van der Waals surface area contributed by atoms with Crippen LogP contribution in [0, 0.1) is 5.41 Å². The van der Waals surface area contributed by atoms with Crippen molar-refractivity contribution < 1.29 is 4.74 Å². The highest BCUT2D eigenvalue weighted by molar-refractivity contribution is 5.42. The van der Waals surface area contributed by atoms with Gasteiger partial charge >= 0.3 is 0 Å². The van der Waals surface area contributed by atoms with Gasteiger partial charge in [0.15, 0.2) is 6.40 Å². The summed E-state index contributed by atoms with van der Waals surface area (Å²) in [4.78, 5) is 0. The summed E-state index contributed by atoms with van der Waals surface area (Å²) in [5, 5.41) is 6.62. The number of nitrogens with one attached hydrogen (secondary N) is 1. The van der Waals surface area contributed by atoms with E-state index in [0.29, 0.717) is 6.61 Å². The molecule has 0 aliphatic carbocycles. The summed E-state index contributed by atoms with van der Waals surface area (Å²) in [6, 6.07) is 7.36. The summed E-state index contributed by atoms with van der Waals surface area (Å²) < 4.78 is 4.76. The quantitative estimate of drug-likeness (QED) is 0.388. The van der Waals surface area contributed by atoms with Crippen molar-refractivity contribution in [2.45, 2.75) is 6.61 Å². The third kappa shape index (κ3) is 2.29. The fourth-order valence-corrected chi connectivity index (χ4v) is 0.752. The Bertz CT molecular complexity index is 230. The lowest BCUT2D eigenvalue weighted by molar-refractivity contribution is 0.305. The molecule has 0 aliphatic rings. The van der Waals surface area contributed by atoms with Gasteiger partial charge in [-0.25, -0.2) is 0 Å². The van der Waals surface area contributed by atoms with E-state index in [9.17, 15) is 0 Å². The Morgan fingerprint density at radius 1 is 1.36 bits per heavy atom.